The van der Waals surface area contributed by atoms with Crippen LogP contribution in [0, 0.1) is 20.8 Å². The van der Waals surface area contributed by atoms with Crippen LogP contribution >= 0.6 is 0 Å². The fraction of sp³-hybridized carbons (Fsp3) is 0.333. The molecule has 0 fully saturated rings. The molecule has 1 N–H and O–H groups in total. The molecule has 2 aromatic rings. The standard InChI is InChI=1S/C15H18N2O3/c1-9-5-6-13(10(2)7-9)19-12(4)15(18)16-14-8-11(3)20-17-14/h5-8,12H,1-4H3,(H,16,17,18)/t12-/m0/s1. The highest BCUT2D eigenvalue weighted by atomic mass is 16.5. The van der Waals surface area contributed by atoms with E-state index in [0.717, 1.165) is 11.1 Å². The maximum atomic E-state index is 12.0. The molecule has 0 aliphatic rings. The predicted octanol–water partition coefficient (Wildman–Crippen LogP) is 3.01. The summed E-state index contributed by atoms with van der Waals surface area (Å²) in [6.45, 7) is 7.42. The first-order valence-corrected chi connectivity index (χ1v) is 6.44. The Bertz CT molecular complexity index is 619. The Morgan fingerprint density at radius 2 is 2.05 bits per heavy atom. The van der Waals surface area contributed by atoms with E-state index in [1.54, 1.807) is 19.9 Å². The van der Waals surface area contributed by atoms with Crippen molar-refractivity contribution in [3.05, 3.63) is 41.2 Å². The topological polar surface area (TPSA) is 64.4 Å². The van der Waals surface area contributed by atoms with Crippen molar-refractivity contribution in [2.24, 2.45) is 0 Å². The average Bonchev–Trinajstić information content (AvgIpc) is 2.78. The van der Waals surface area contributed by atoms with E-state index in [1.807, 2.05) is 32.0 Å². The lowest BCUT2D eigenvalue weighted by Gasteiger charge is -2.15. The minimum Gasteiger partial charge on any atom is -0.481 e. The van der Waals surface area contributed by atoms with Gasteiger partial charge in [-0.05, 0) is 39.3 Å². The normalized spacial score (nSPS) is 12.0. The van der Waals surface area contributed by atoms with Crippen molar-refractivity contribution >= 4 is 11.7 Å². The maximum absolute atomic E-state index is 12.0. The smallest absolute Gasteiger partial charge is 0.266 e. The quantitative estimate of drug-likeness (QED) is 0.930. The monoisotopic (exact) mass is 274 g/mol. The molecule has 5 nitrogen and oxygen atoms in total. The van der Waals surface area contributed by atoms with Crippen LogP contribution < -0.4 is 10.1 Å². The first-order valence-electron chi connectivity index (χ1n) is 6.44. The number of hydrogen-bond acceptors (Lipinski definition) is 4. The fourth-order valence-electron chi connectivity index (χ4n) is 1.83. The molecule has 1 atom stereocenters. The molecule has 1 aromatic carbocycles. The van der Waals surface area contributed by atoms with E-state index < -0.39 is 6.10 Å². The average molecular weight is 274 g/mol. The van der Waals surface area contributed by atoms with Gasteiger partial charge in [-0.2, -0.15) is 0 Å². The zero-order valence-electron chi connectivity index (χ0n) is 12.1. The summed E-state index contributed by atoms with van der Waals surface area (Å²) in [5.74, 6) is 1.47. The van der Waals surface area contributed by atoms with Crippen LogP contribution in [0.15, 0.2) is 28.8 Å². The Kier molecular flexibility index (Phi) is 4.08. The molecular formula is C15H18N2O3. The number of rotatable bonds is 4. The van der Waals surface area contributed by atoms with Gasteiger partial charge in [0.2, 0.25) is 0 Å². The minimum absolute atomic E-state index is 0.265. The number of nitrogens with zero attached hydrogens (tertiary/aromatic N) is 1. The SMILES string of the molecule is Cc1ccc(O[C@@H](C)C(=O)Nc2cc(C)on2)c(C)c1. The van der Waals surface area contributed by atoms with Crippen molar-refractivity contribution in [1.29, 1.82) is 0 Å². The lowest BCUT2D eigenvalue weighted by atomic mass is 10.1. The molecule has 1 aromatic heterocycles. The van der Waals surface area contributed by atoms with Crippen LogP contribution in [-0.2, 0) is 4.79 Å². The van der Waals surface area contributed by atoms with Crippen LogP contribution in [0.3, 0.4) is 0 Å². The number of carbonyl (C=O) groups excluding carboxylic acids is 1. The number of hydrogen-bond donors (Lipinski definition) is 1. The third-order valence-corrected chi connectivity index (χ3v) is 2.88. The molecule has 0 saturated carbocycles. The van der Waals surface area contributed by atoms with Crippen LogP contribution in [0.4, 0.5) is 5.82 Å². The summed E-state index contributed by atoms with van der Waals surface area (Å²) in [6, 6.07) is 7.49. The molecule has 0 spiro atoms. The fourth-order valence-corrected chi connectivity index (χ4v) is 1.83. The van der Waals surface area contributed by atoms with Gasteiger partial charge in [0.15, 0.2) is 11.9 Å². The Labute approximate surface area is 117 Å². The molecule has 0 radical (unpaired) electrons. The largest absolute Gasteiger partial charge is 0.481 e. The number of nitrogens with one attached hydrogen (secondary N) is 1. The highest BCUT2D eigenvalue weighted by Gasteiger charge is 2.17. The number of benzene rings is 1. The van der Waals surface area contributed by atoms with Gasteiger partial charge in [0.05, 0.1) is 0 Å². The zero-order valence-corrected chi connectivity index (χ0v) is 12.1. The highest BCUT2D eigenvalue weighted by Crippen LogP contribution is 2.20. The Balaban J connectivity index is 2.00. The van der Waals surface area contributed by atoms with Crippen LogP contribution in [0.5, 0.6) is 5.75 Å². The van der Waals surface area contributed by atoms with Crippen molar-refractivity contribution in [1.82, 2.24) is 5.16 Å². The van der Waals surface area contributed by atoms with Crippen molar-refractivity contribution in [3.63, 3.8) is 0 Å². The molecule has 0 aliphatic carbocycles. The summed E-state index contributed by atoms with van der Waals surface area (Å²) in [7, 11) is 0. The lowest BCUT2D eigenvalue weighted by Crippen LogP contribution is -2.30. The summed E-state index contributed by atoms with van der Waals surface area (Å²) in [5, 5.41) is 6.36. The van der Waals surface area contributed by atoms with Crippen molar-refractivity contribution < 1.29 is 14.1 Å². The minimum atomic E-state index is -0.617. The van der Waals surface area contributed by atoms with Crippen molar-refractivity contribution in [2.75, 3.05) is 5.32 Å². The number of aryl methyl sites for hydroxylation is 3. The Hall–Kier alpha value is -2.30. The third-order valence-electron chi connectivity index (χ3n) is 2.88. The van der Waals surface area contributed by atoms with Gasteiger partial charge in [-0.3, -0.25) is 4.79 Å². The van der Waals surface area contributed by atoms with Crippen molar-refractivity contribution in [2.45, 2.75) is 33.8 Å². The molecule has 106 valence electrons. The van der Waals surface area contributed by atoms with Gasteiger partial charge in [-0.15, -0.1) is 0 Å². The summed E-state index contributed by atoms with van der Waals surface area (Å²) in [5.41, 5.74) is 2.16. The number of ether oxygens (including phenoxy) is 1. The number of amides is 1. The molecule has 20 heavy (non-hydrogen) atoms. The van der Waals surface area contributed by atoms with E-state index >= 15 is 0 Å². The first-order chi connectivity index (χ1) is 9.45. The molecule has 0 saturated heterocycles. The molecule has 0 aliphatic heterocycles. The third kappa shape index (κ3) is 3.38. The van der Waals surface area contributed by atoms with E-state index in [-0.39, 0.29) is 5.91 Å². The van der Waals surface area contributed by atoms with Gasteiger partial charge >= 0.3 is 0 Å². The van der Waals surface area contributed by atoms with Crippen LogP contribution in [0.25, 0.3) is 0 Å². The number of carbonyl (C=O) groups is 1. The summed E-state index contributed by atoms with van der Waals surface area (Å²) in [6.07, 6.45) is -0.617. The van der Waals surface area contributed by atoms with Gasteiger partial charge in [0, 0.05) is 6.07 Å². The van der Waals surface area contributed by atoms with Gasteiger partial charge < -0.3 is 14.6 Å². The van der Waals surface area contributed by atoms with E-state index in [1.165, 1.54) is 0 Å². The second kappa shape index (κ2) is 5.77. The molecule has 1 heterocycles. The zero-order chi connectivity index (χ0) is 14.7. The van der Waals surface area contributed by atoms with Gasteiger partial charge in [-0.25, -0.2) is 0 Å². The van der Waals surface area contributed by atoms with Gasteiger partial charge in [-0.1, -0.05) is 22.9 Å². The Morgan fingerprint density at radius 1 is 1.30 bits per heavy atom. The first kappa shape index (κ1) is 14.1. The Morgan fingerprint density at radius 3 is 2.65 bits per heavy atom. The predicted molar refractivity (Wildman–Crippen MR) is 75.9 cm³/mol. The van der Waals surface area contributed by atoms with Gasteiger partial charge in [0.25, 0.3) is 5.91 Å². The molecule has 0 bridgehead atoms. The van der Waals surface area contributed by atoms with E-state index in [2.05, 4.69) is 10.5 Å². The summed E-state index contributed by atoms with van der Waals surface area (Å²) >= 11 is 0. The van der Waals surface area contributed by atoms with E-state index in [4.69, 9.17) is 9.26 Å². The molecule has 0 unspecified atom stereocenters. The summed E-state index contributed by atoms with van der Waals surface area (Å²) in [4.78, 5) is 12.0. The van der Waals surface area contributed by atoms with E-state index in [9.17, 15) is 4.79 Å². The van der Waals surface area contributed by atoms with Crippen LogP contribution in [-0.4, -0.2) is 17.2 Å². The van der Waals surface area contributed by atoms with Crippen LogP contribution in [0.1, 0.15) is 23.8 Å². The molecular weight excluding hydrogens is 256 g/mol. The van der Waals surface area contributed by atoms with E-state index in [0.29, 0.717) is 17.3 Å². The second-order valence-corrected chi connectivity index (χ2v) is 4.84. The number of anilines is 1. The highest BCUT2D eigenvalue weighted by molar-refractivity contribution is 5.93. The second-order valence-electron chi connectivity index (χ2n) is 4.84. The molecule has 5 heteroatoms. The van der Waals surface area contributed by atoms with Gasteiger partial charge in [0.1, 0.15) is 11.5 Å². The maximum Gasteiger partial charge on any atom is 0.266 e. The lowest BCUT2D eigenvalue weighted by molar-refractivity contribution is -0.122. The van der Waals surface area contributed by atoms with Crippen LogP contribution in [0.2, 0.25) is 0 Å². The number of aromatic nitrogens is 1. The van der Waals surface area contributed by atoms with Crippen molar-refractivity contribution in [3.8, 4) is 5.75 Å². The molecule has 1 amide bonds. The summed E-state index contributed by atoms with van der Waals surface area (Å²) < 4.78 is 10.6. The molecule has 2 rings (SSSR count).